The van der Waals surface area contributed by atoms with Crippen molar-refractivity contribution >= 4 is 11.9 Å². The summed E-state index contributed by atoms with van der Waals surface area (Å²) in [6, 6.07) is 0. The zero-order valence-corrected chi connectivity index (χ0v) is 11.1. The topological polar surface area (TPSA) is 57.6 Å². The van der Waals surface area contributed by atoms with E-state index in [9.17, 15) is 9.59 Å². The average molecular weight is 253 g/mol. The van der Waals surface area contributed by atoms with Crippen molar-refractivity contribution in [2.45, 2.75) is 45.4 Å². The van der Waals surface area contributed by atoms with Gasteiger partial charge in [-0.2, -0.15) is 0 Å². The normalized spacial score (nSPS) is 33.2. The molecule has 1 unspecified atom stereocenters. The molecule has 1 saturated heterocycles. The number of carbonyl (C=O) groups is 2. The lowest BCUT2D eigenvalue weighted by Gasteiger charge is -2.35. The van der Waals surface area contributed by atoms with Gasteiger partial charge in [0.1, 0.15) is 0 Å². The van der Waals surface area contributed by atoms with E-state index in [2.05, 4.69) is 6.92 Å². The molecule has 1 aliphatic heterocycles. The molecule has 0 radical (unpaired) electrons. The highest BCUT2D eigenvalue weighted by atomic mass is 16.4. The first kappa shape index (κ1) is 13.4. The number of hydrogen-bond donors (Lipinski definition) is 1. The van der Waals surface area contributed by atoms with Crippen molar-refractivity contribution in [3.8, 4) is 0 Å². The highest BCUT2D eigenvalue weighted by Gasteiger charge is 2.33. The van der Waals surface area contributed by atoms with Gasteiger partial charge in [0.05, 0.1) is 5.92 Å². The van der Waals surface area contributed by atoms with Crippen LogP contribution >= 0.6 is 0 Å². The Morgan fingerprint density at radius 2 is 1.67 bits per heavy atom. The lowest BCUT2D eigenvalue weighted by Crippen LogP contribution is -2.43. The summed E-state index contributed by atoms with van der Waals surface area (Å²) in [6.45, 7) is 3.97. The number of nitrogens with zero attached hydrogens (tertiary/aromatic N) is 1. The van der Waals surface area contributed by atoms with Gasteiger partial charge < -0.3 is 10.0 Å². The molecule has 4 nitrogen and oxygen atoms in total. The third kappa shape index (κ3) is 3.03. The average Bonchev–Trinajstić information content (AvgIpc) is 2.38. The summed E-state index contributed by atoms with van der Waals surface area (Å²) >= 11 is 0. The summed E-state index contributed by atoms with van der Waals surface area (Å²) in [7, 11) is 0. The summed E-state index contributed by atoms with van der Waals surface area (Å²) < 4.78 is 0. The number of carboxylic acid groups (broad SMARTS) is 1. The maximum absolute atomic E-state index is 12.4. The molecule has 102 valence electrons. The van der Waals surface area contributed by atoms with Gasteiger partial charge in [-0.3, -0.25) is 9.59 Å². The van der Waals surface area contributed by atoms with Crippen LogP contribution in [0.1, 0.15) is 45.4 Å². The standard InChI is InChI=1S/C14H23NO3/c1-10-3-2-8-15(9-10)13(16)11-4-6-12(7-5-11)14(17)18/h10-12H,2-9H2,1H3,(H,17,18). The minimum Gasteiger partial charge on any atom is -0.481 e. The van der Waals surface area contributed by atoms with Gasteiger partial charge in [-0.05, 0) is 44.4 Å². The molecule has 4 heteroatoms. The molecule has 0 aromatic carbocycles. The quantitative estimate of drug-likeness (QED) is 0.820. The molecule has 2 fully saturated rings. The molecule has 0 aromatic heterocycles. The summed E-state index contributed by atoms with van der Waals surface area (Å²) in [5, 5.41) is 8.95. The minimum absolute atomic E-state index is 0.0749. The highest BCUT2D eigenvalue weighted by molar-refractivity contribution is 5.79. The van der Waals surface area contributed by atoms with E-state index in [4.69, 9.17) is 5.11 Å². The van der Waals surface area contributed by atoms with Crippen molar-refractivity contribution in [3.05, 3.63) is 0 Å². The van der Waals surface area contributed by atoms with Gasteiger partial charge >= 0.3 is 5.97 Å². The van der Waals surface area contributed by atoms with Crippen LogP contribution in [-0.2, 0) is 9.59 Å². The van der Waals surface area contributed by atoms with Crippen molar-refractivity contribution < 1.29 is 14.7 Å². The molecule has 0 bridgehead atoms. The number of hydrogen-bond acceptors (Lipinski definition) is 2. The zero-order chi connectivity index (χ0) is 13.1. The van der Waals surface area contributed by atoms with Crippen LogP contribution in [0.5, 0.6) is 0 Å². The van der Waals surface area contributed by atoms with E-state index in [1.54, 1.807) is 0 Å². The second-order valence-electron chi connectivity index (χ2n) is 5.92. The minimum atomic E-state index is -0.701. The van der Waals surface area contributed by atoms with E-state index in [1.165, 1.54) is 6.42 Å². The SMILES string of the molecule is CC1CCCN(C(=O)C2CCC(C(=O)O)CC2)C1. The van der Waals surface area contributed by atoms with Gasteiger partial charge in [-0.25, -0.2) is 0 Å². The molecule has 0 aromatic rings. The monoisotopic (exact) mass is 253 g/mol. The zero-order valence-electron chi connectivity index (χ0n) is 11.1. The largest absolute Gasteiger partial charge is 0.481 e. The Balaban J connectivity index is 1.85. The molecular formula is C14H23NO3. The molecule has 2 aliphatic rings. The molecule has 1 heterocycles. The van der Waals surface area contributed by atoms with Crippen LogP contribution in [-0.4, -0.2) is 35.0 Å². The van der Waals surface area contributed by atoms with Crippen molar-refractivity contribution in [2.24, 2.45) is 17.8 Å². The van der Waals surface area contributed by atoms with Gasteiger partial charge in [-0.1, -0.05) is 6.92 Å². The van der Waals surface area contributed by atoms with Crippen molar-refractivity contribution in [2.75, 3.05) is 13.1 Å². The number of likely N-dealkylation sites (tertiary alicyclic amines) is 1. The molecule has 18 heavy (non-hydrogen) atoms. The summed E-state index contributed by atoms with van der Waals surface area (Å²) in [5.74, 6) is 0.0242. The number of aliphatic carboxylic acids is 1. The van der Waals surface area contributed by atoms with Gasteiger partial charge in [0.25, 0.3) is 0 Å². The Morgan fingerprint density at radius 1 is 1.06 bits per heavy atom. The second-order valence-corrected chi connectivity index (χ2v) is 5.92. The molecule has 1 amide bonds. The third-order valence-corrected chi connectivity index (χ3v) is 4.39. The molecular weight excluding hydrogens is 230 g/mol. The number of amides is 1. The van der Waals surface area contributed by atoms with Crippen LogP contribution in [0.4, 0.5) is 0 Å². The Bertz CT molecular complexity index is 321. The fraction of sp³-hybridized carbons (Fsp3) is 0.857. The van der Waals surface area contributed by atoms with Gasteiger partial charge in [-0.15, -0.1) is 0 Å². The maximum Gasteiger partial charge on any atom is 0.306 e. The predicted molar refractivity (Wildman–Crippen MR) is 68.1 cm³/mol. The molecule has 0 spiro atoms. The van der Waals surface area contributed by atoms with Crippen LogP contribution in [0.3, 0.4) is 0 Å². The maximum atomic E-state index is 12.4. The van der Waals surface area contributed by atoms with Crippen LogP contribution in [0.2, 0.25) is 0 Å². The summed E-state index contributed by atoms with van der Waals surface area (Å²) in [5.41, 5.74) is 0. The highest BCUT2D eigenvalue weighted by Crippen LogP contribution is 2.31. The number of carbonyl (C=O) groups excluding carboxylic acids is 1. The lowest BCUT2D eigenvalue weighted by molar-refractivity contribution is -0.146. The number of rotatable bonds is 2. The van der Waals surface area contributed by atoms with Crippen molar-refractivity contribution in [1.29, 1.82) is 0 Å². The second kappa shape index (κ2) is 5.72. The fourth-order valence-electron chi connectivity index (χ4n) is 3.24. The van der Waals surface area contributed by atoms with E-state index in [-0.39, 0.29) is 17.7 Å². The lowest BCUT2D eigenvalue weighted by atomic mass is 9.81. The smallest absolute Gasteiger partial charge is 0.306 e. The Hall–Kier alpha value is -1.06. The number of piperidine rings is 1. The third-order valence-electron chi connectivity index (χ3n) is 4.39. The number of carboxylic acids is 1. The Labute approximate surface area is 108 Å². The molecule has 1 N–H and O–H groups in total. The predicted octanol–water partition coefficient (Wildman–Crippen LogP) is 2.14. The van der Waals surface area contributed by atoms with Crippen LogP contribution in [0, 0.1) is 17.8 Å². The fourth-order valence-corrected chi connectivity index (χ4v) is 3.24. The Kier molecular flexibility index (Phi) is 4.25. The van der Waals surface area contributed by atoms with Gasteiger partial charge in [0.2, 0.25) is 5.91 Å². The van der Waals surface area contributed by atoms with E-state index in [1.807, 2.05) is 4.90 Å². The van der Waals surface area contributed by atoms with Crippen LogP contribution in [0.25, 0.3) is 0 Å². The van der Waals surface area contributed by atoms with E-state index in [0.717, 1.165) is 32.4 Å². The first-order chi connectivity index (χ1) is 8.58. The van der Waals surface area contributed by atoms with E-state index < -0.39 is 5.97 Å². The van der Waals surface area contributed by atoms with Crippen LogP contribution < -0.4 is 0 Å². The summed E-state index contributed by atoms with van der Waals surface area (Å²) in [6.07, 6.45) is 5.15. The van der Waals surface area contributed by atoms with Crippen molar-refractivity contribution in [1.82, 2.24) is 4.90 Å². The van der Waals surface area contributed by atoms with Gasteiger partial charge in [0.15, 0.2) is 0 Å². The van der Waals surface area contributed by atoms with Crippen molar-refractivity contribution in [3.63, 3.8) is 0 Å². The summed E-state index contributed by atoms with van der Waals surface area (Å²) in [4.78, 5) is 25.2. The molecule has 1 atom stereocenters. The van der Waals surface area contributed by atoms with E-state index >= 15 is 0 Å². The van der Waals surface area contributed by atoms with Gasteiger partial charge in [0, 0.05) is 19.0 Å². The first-order valence-corrected chi connectivity index (χ1v) is 7.09. The molecule has 1 aliphatic carbocycles. The van der Waals surface area contributed by atoms with Crippen LogP contribution in [0.15, 0.2) is 0 Å². The molecule has 2 rings (SSSR count). The first-order valence-electron chi connectivity index (χ1n) is 7.09. The molecule has 1 saturated carbocycles. The Morgan fingerprint density at radius 3 is 2.22 bits per heavy atom. The van der Waals surface area contributed by atoms with E-state index in [0.29, 0.717) is 18.8 Å².